The van der Waals surface area contributed by atoms with E-state index in [2.05, 4.69) is 10.6 Å². The molecule has 0 bridgehead atoms. The highest BCUT2D eigenvalue weighted by atomic mass is 32.2. The minimum atomic E-state index is -1.25. The van der Waals surface area contributed by atoms with E-state index in [9.17, 15) is 18.2 Å². The van der Waals surface area contributed by atoms with Gasteiger partial charge in [0.15, 0.2) is 0 Å². The van der Waals surface area contributed by atoms with Gasteiger partial charge in [0.1, 0.15) is 5.82 Å². The predicted molar refractivity (Wildman–Crippen MR) is 69.3 cm³/mol. The first-order valence-corrected chi connectivity index (χ1v) is 7.00. The third-order valence-corrected chi connectivity index (χ3v) is 2.92. The molecule has 1 unspecified atom stereocenters. The molecule has 0 aliphatic rings. The molecule has 3 N–H and O–H groups in total. The number of urea groups is 1. The van der Waals surface area contributed by atoms with Crippen LogP contribution in [0.5, 0.6) is 0 Å². The van der Waals surface area contributed by atoms with Gasteiger partial charge in [0.2, 0.25) is 0 Å². The molecule has 1 aromatic rings. The number of nitrogens with one attached hydrogen (secondary N) is 2. The summed E-state index contributed by atoms with van der Waals surface area (Å²) in [5.74, 6) is -1.79. The van der Waals surface area contributed by atoms with E-state index in [4.69, 9.17) is 5.11 Å². The van der Waals surface area contributed by atoms with Crippen LogP contribution in [0.2, 0.25) is 0 Å². The normalized spacial score (nSPS) is 11.7. The number of aromatic carboxylic acids is 1. The van der Waals surface area contributed by atoms with Gasteiger partial charge >= 0.3 is 12.0 Å². The van der Waals surface area contributed by atoms with Crippen molar-refractivity contribution in [3.8, 4) is 0 Å². The Morgan fingerprint density at radius 2 is 2.11 bits per heavy atom. The topological polar surface area (TPSA) is 95.5 Å². The van der Waals surface area contributed by atoms with Crippen LogP contribution in [0.4, 0.5) is 14.9 Å². The number of benzene rings is 1. The van der Waals surface area contributed by atoms with Crippen LogP contribution in [0.3, 0.4) is 0 Å². The molecule has 2 amide bonds. The largest absolute Gasteiger partial charge is 0.478 e. The molecule has 0 radical (unpaired) electrons. The summed E-state index contributed by atoms with van der Waals surface area (Å²) in [4.78, 5) is 22.0. The first-order valence-electron chi connectivity index (χ1n) is 5.28. The summed E-state index contributed by atoms with van der Waals surface area (Å²) in [5.41, 5.74) is -0.329. The fourth-order valence-electron chi connectivity index (χ4n) is 1.22. The van der Waals surface area contributed by atoms with Crippen molar-refractivity contribution in [3.63, 3.8) is 0 Å². The number of hydrogen-bond donors (Lipinski definition) is 3. The van der Waals surface area contributed by atoms with Gasteiger partial charge in [-0.05, 0) is 18.2 Å². The third kappa shape index (κ3) is 5.04. The molecule has 19 heavy (non-hydrogen) atoms. The molecule has 1 atom stereocenters. The van der Waals surface area contributed by atoms with Gasteiger partial charge in [-0.3, -0.25) is 4.21 Å². The highest BCUT2D eigenvalue weighted by Gasteiger charge is 2.10. The summed E-state index contributed by atoms with van der Waals surface area (Å²) in [7, 11) is -1.02. The molecule has 6 nitrogen and oxygen atoms in total. The van der Waals surface area contributed by atoms with Gasteiger partial charge in [0.05, 0.1) is 11.3 Å². The molecule has 0 heterocycles. The van der Waals surface area contributed by atoms with E-state index in [0.29, 0.717) is 5.75 Å². The smallest absolute Gasteiger partial charge is 0.335 e. The van der Waals surface area contributed by atoms with Crippen LogP contribution >= 0.6 is 0 Å². The maximum atomic E-state index is 13.5. The van der Waals surface area contributed by atoms with E-state index in [-0.39, 0.29) is 17.8 Å². The fraction of sp³-hybridized carbons (Fsp3) is 0.273. The van der Waals surface area contributed by atoms with Crippen molar-refractivity contribution in [1.29, 1.82) is 0 Å². The molecule has 0 aliphatic heterocycles. The second-order valence-electron chi connectivity index (χ2n) is 3.66. The maximum Gasteiger partial charge on any atom is 0.335 e. The Morgan fingerprint density at radius 1 is 1.42 bits per heavy atom. The standard InChI is InChI=1S/C11H13FN2O4S/c1-19(18)5-4-13-11(17)14-9-3-2-7(10(15)16)6-8(9)12/h2-3,6H,4-5H2,1H3,(H,15,16)(H2,13,14,17). The van der Waals surface area contributed by atoms with Crippen molar-refractivity contribution in [1.82, 2.24) is 5.32 Å². The van der Waals surface area contributed by atoms with E-state index in [1.54, 1.807) is 0 Å². The van der Waals surface area contributed by atoms with E-state index >= 15 is 0 Å². The van der Waals surface area contributed by atoms with Crippen LogP contribution in [0.25, 0.3) is 0 Å². The summed E-state index contributed by atoms with van der Waals surface area (Å²) in [6.45, 7) is 0.198. The van der Waals surface area contributed by atoms with E-state index < -0.39 is 28.6 Å². The molecule has 0 saturated carbocycles. The highest BCUT2D eigenvalue weighted by Crippen LogP contribution is 2.15. The first kappa shape index (κ1) is 15.1. The lowest BCUT2D eigenvalue weighted by molar-refractivity contribution is 0.0696. The summed E-state index contributed by atoms with van der Waals surface area (Å²) in [6, 6.07) is 2.52. The molecule has 0 spiro atoms. The number of halogens is 1. The molecule has 1 rings (SSSR count). The van der Waals surface area contributed by atoms with Crippen molar-refractivity contribution < 1.29 is 23.3 Å². The van der Waals surface area contributed by atoms with E-state index in [1.165, 1.54) is 12.3 Å². The summed E-state index contributed by atoms with van der Waals surface area (Å²) < 4.78 is 24.2. The SMILES string of the molecule is CS(=O)CCNC(=O)Nc1ccc(C(=O)O)cc1F. The zero-order chi connectivity index (χ0) is 14.4. The zero-order valence-corrected chi connectivity index (χ0v) is 10.9. The number of carboxylic acids is 1. The number of amides is 2. The number of carboxylic acid groups (broad SMARTS) is 1. The average molecular weight is 288 g/mol. The molecule has 0 aromatic heterocycles. The highest BCUT2D eigenvalue weighted by molar-refractivity contribution is 7.84. The molecule has 8 heteroatoms. The van der Waals surface area contributed by atoms with E-state index in [0.717, 1.165) is 12.1 Å². The lowest BCUT2D eigenvalue weighted by Crippen LogP contribution is -2.32. The van der Waals surface area contributed by atoms with Crippen LogP contribution in [-0.4, -0.2) is 39.9 Å². The number of anilines is 1. The van der Waals surface area contributed by atoms with Gasteiger partial charge in [-0.25, -0.2) is 14.0 Å². The molecular weight excluding hydrogens is 275 g/mol. The maximum absolute atomic E-state index is 13.5. The van der Waals surface area contributed by atoms with Crippen molar-refractivity contribution in [2.45, 2.75) is 0 Å². The molecular formula is C11H13FN2O4S. The van der Waals surface area contributed by atoms with Gasteiger partial charge in [-0.15, -0.1) is 0 Å². The summed E-state index contributed by atoms with van der Waals surface area (Å²) in [5, 5.41) is 13.3. The number of carbonyl (C=O) groups excluding carboxylic acids is 1. The van der Waals surface area contributed by atoms with Gasteiger partial charge in [0, 0.05) is 29.4 Å². The number of hydrogen-bond acceptors (Lipinski definition) is 3. The van der Waals surface area contributed by atoms with Crippen LogP contribution in [0.15, 0.2) is 18.2 Å². The van der Waals surface area contributed by atoms with E-state index in [1.807, 2.05) is 0 Å². The Kier molecular flexibility index (Phi) is 5.43. The summed E-state index contributed by atoms with van der Waals surface area (Å²) in [6.07, 6.45) is 1.50. The molecule has 0 saturated heterocycles. The molecule has 0 fully saturated rings. The predicted octanol–water partition coefficient (Wildman–Crippen LogP) is 1.02. The second-order valence-corrected chi connectivity index (χ2v) is 5.21. The monoisotopic (exact) mass is 288 g/mol. The lowest BCUT2D eigenvalue weighted by atomic mass is 10.2. The Morgan fingerprint density at radius 3 is 2.63 bits per heavy atom. The Balaban J connectivity index is 2.59. The molecule has 0 aliphatic carbocycles. The third-order valence-electron chi connectivity index (χ3n) is 2.14. The quantitative estimate of drug-likeness (QED) is 0.754. The molecule has 1 aromatic carbocycles. The van der Waals surface area contributed by atoms with Crippen molar-refractivity contribution in [2.75, 3.05) is 23.9 Å². The van der Waals surface area contributed by atoms with Crippen molar-refractivity contribution in [2.24, 2.45) is 0 Å². The summed E-state index contributed by atoms with van der Waals surface area (Å²) >= 11 is 0. The minimum Gasteiger partial charge on any atom is -0.478 e. The van der Waals surface area contributed by atoms with Crippen LogP contribution < -0.4 is 10.6 Å². The van der Waals surface area contributed by atoms with Gasteiger partial charge in [-0.1, -0.05) is 0 Å². The number of carbonyl (C=O) groups is 2. The Hall–Kier alpha value is -1.96. The zero-order valence-electron chi connectivity index (χ0n) is 10.1. The van der Waals surface area contributed by atoms with Gasteiger partial charge < -0.3 is 15.7 Å². The Labute approximate surface area is 111 Å². The fourth-order valence-corrected chi connectivity index (χ4v) is 1.61. The van der Waals surface area contributed by atoms with Crippen LogP contribution in [0.1, 0.15) is 10.4 Å². The van der Waals surface area contributed by atoms with Crippen LogP contribution in [0, 0.1) is 5.82 Å². The second kappa shape index (κ2) is 6.83. The number of rotatable bonds is 5. The average Bonchev–Trinajstić information content (AvgIpc) is 2.31. The molecule has 104 valence electrons. The van der Waals surface area contributed by atoms with Crippen LogP contribution in [-0.2, 0) is 10.8 Å². The van der Waals surface area contributed by atoms with Crippen molar-refractivity contribution >= 4 is 28.5 Å². The minimum absolute atomic E-state index is 0.125. The Bertz CT molecular complexity index is 521. The van der Waals surface area contributed by atoms with Gasteiger partial charge in [0.25, 0.3) is 0 Å². The van der Waals surface area contributed by atoms with Gasteiger partial charge in [-0.2, -0.15) is 0 Å². The first-order chi connectivity index (χ1) is 8.90. The lowest BCUT2D eigenvalue weighted by Gasteiger charge is -2.08. The van der Waals surface area contributed by atoms with Crippen molar-refractivity contribution in [3.05, 3.63) is 29.6 Å².